The third-order valence-electron chi connectivity index (χ3n) is 2.96. The van der Waals surface area contributed by atoms with Crippen LogP contribution in [-0.2, 0) is 17.8 Å². The lowest BCUT2D eigenvalue weighted by Gasteiger charge is -2.15. The van der Waals surface area contributed by atoms with Crippen LogP contribution in [0.5, 0.6) is 0 Å². The van der Waals surface area contributed by atoms with Gasteiger partial charge in [0.05, 0.1) is 18.5 Å². The van der Waals surface area contributed by atoms with E-state index in [0.29, 0.717) is 17.9 Å². The lowest BCUT2D eigenvalue weighted by molar-refractivity contribution is -0.121. The summed E-state index contributed by atoms with van der Waals surface area (Å²) in [7, 11) is 0. The van der Waals surface area contributed by atoms with Crippen molar-refractivity contribution in [2.75, 3.05) is 5.32 Å². The number of carbonyl (C=O) groups excluding carboxylic acids is 1. The highest BCUT2D eigenvalue weighted by molar-refractivity contribution is 5.83. The fraction of sp³-hybridized carbons (Fsp3) is 0.357. The fourth-order valence-electron chi connectivity index (χ4n) is 1.76. The molecule has 0 aromatic carbocycles. The Balaban J connectivity index is 1.94. The Labute approximate surface area is 121 Å². The molecule has 21 heavy (non-hydrogen) atoms. The zero-order valence-corrected chi connectivity index (χ0v) is 11.9. The number of aryl methyl sites for hydroxylation is 1. The molecule has 2 aromatic heterocycles. The fourth-order valence-corrected chi connectivity index (χ4v) is 1.76. The minimum atomic E-state index is -0.630. The van der Waals surface area contributed by atoms with Crippen LogP contribution in [0.4, 0.5) is 10.2 Å². The molecule has 7 heteroatoms. The molecule has 6 nitrogen and oxygen atoms in total. The van der Waals surface area contributed by atoms with Crippen molar-refractivity contribution >= 4 is 11.7 Å². The van der Waals surface area contributed by atoms with Crippen molar-refractivity contribution in [3.63, 3.8) is 0 Å². The van der Waals surface area contributed by atoms with Crippen molar-refractivity contribution in [2.24, 2.45) is 0 Å². The maximum absolute atomic E-state index is 14.0. The van der Waals surface area contributed by atoms with E-state index in [0.717, 1.165) is 0 Å². The molecule has 1 amide bonds. The smallest absolute Gasteiger partial charge is 0.242 e. The quantitative estimate of drug-likeness (QED) is 0.850. The van der Waals surface area contributed by atoms with E-state index >= 15 is 0 Å². The van der Waals surface area contributed by atoms with Crippen LogP contribution in [0.25, 0.3) is 0 Å². The molecule has 2 aromatic rings. The highest BCUT2D eigenvalue weighted by atomic mass is 19.1. The van der Waals surface area contributed by atoms with E-state index in [1.165, 1.54) is 12.6 Å². The van der Waals surface area contributed by atoms with Crippen LogP contribution in [0.3, 0.4) is 0 Å². The molecule has 0 radical (unpaired) electrons. The van der Waals surface area contributed by atoms with Crippen LogP contribution < -0.4 is 10.6 Å². The third-order valence-corrected chi connectivity index (χ3v) is 2.96. The van der Waals surface area contributed by atoms with Crippen LogP contribution in [-0.4, -0.2) is 21.9 Å². The van der Waals surface area contributed by atoms with Crippen LogP contribution in [0.2, 0.25) is 0 Å². The van der Waals surface area contributed by atoms with Crippen LogP contribution in [0, 0.1) is 5.82 Å². The highest BCUT2D eigenvalue weighted by Crippen LogP contribution is 2.14. The number of hydrogen-bond donors (Lipinski definition) is 2. The molecule has 0 spiro atoms. The first-order chi connectivity index (χ1) is 10.1. The first kappa shape index (κ1) is 15.0. The van der Waals surface area contributed by atoms with Gasteiger partial charge < -0.3 is 15.1 Å². The molecule has 0 saturated heterocycles. The normalized spacial score (nSPS) is 12.0. The van der Waals surface area contributed by atoms with Gasteiger partial charge in [0, 0.05) is 0 Å². The van der Waals surface area contributed by atoms with E-state index in [1.54, 1.807) is 26.0 Å². The second kappa shape index (κ2) is 6.83. The van der Waals surface area contributed by atoms with Gasteiger partial charge in [-0.3, -0.25) is 4.79 Å². The number of aromatic nitrogens is 2. The van der Waals surface area contributed by atoms with E-state index < -0.39 is 11.9 Å². The molecule has 112 valence electrons. The van der Waals surface area contributed by atoms with E-state index in [2.05, 4.69) is 20.6 Å². The number of carbonyl (C=O) groups is 1. The van der Waals surface area contributed by atoms with Gasteiger partial charge in [-0.05, 0) is 25.5 Å². The Morgan fingerprint density at radius 1 is 1.48 bits per heavy atom. The van der Waals surface area contributed by atoms with Gasteiger partial charge in [0.15, 0.2) is 11.6 Å². The van der Waals surface area contributed by atoms with Gasteiger partial charge in [0.1, 0.15) is 18.1 Å². The van der Waals surface area contributed by atoms with Crippen LogP contribution in [0.1, 0.15) is 25.3 Å². The summed E-state index contributed by atoms with van der Waals surface area (Å²) in [5.41, 5.74) is 0.315. The average Bonchev–Trinajstić information content (AvgIpc) is 3.00. The summed E-state index contributed by atoms with van der Waals surface area (Å²) >= 11 is 0. The minimum absolute atomic E-state index is 0.0301. The molecule has 1 atom stereocenters. The predicted molar refractivity (Wildman–Crippen MR) is 75.0 cm³/mol. The second-order valence-corrected chi connectivity index (χ2v) is 4.50. The average molecular weight is 292 g/mol. The standard InChI is InChI=1S/C14H17FN4O2/c1-3-11-12(15)13(18-8-17-11)19-9(2)14(20)16-7-10-5-4-6-21-10/h4-6,8-9H,3,7H2,1-2H3,(H,16,20)(H,17,18,19)/t9-/m1/s1. The van der Waals surface area contributed by atoms with Gasteiger partial charge in [-0.1, -0.05) is 6.92 Å². The lowest BCUT2D eigenvalue weighted by Crippen LogP contribution is -2.37. The lowest BCUT2D eigenvalue weighted by atomic mass is 10.2. The molecule has 2 heterocycles. The maximum atomic E-state index is 14.0. The van der Waals surface area contributed by atoms with E-state index in [1.807, 2.05) is 0 Å². The second-order valence-electron chi connectivity index (χ2n) is 4.50. The number of nitrogens with one attached hydrogen (secondary N) is 2. The zero-order chi connectivity index (χ0) is 15.2. The molecule has 0 fully saturated rings. The number of nitrogens with zero attached hydrogens (tertiary/aromatic N) is 2. The Bertz CT molecular complexity index is 601. The van der Waals surface area contributed by atoms with Crippen molar-refractivity contribution in [1.82, 2.24) is 15.3 Å². The Kier molecular flexibility index (Phi) is 4.86. The highest BCUT2D eigenvalue weighted by Gasteiger charge is 2.17. The van der Waals surface area contributed by atoms with E-state index in [-0.39, 0.29) is 18.3 Å². The molecule has 2 rings (SSSR count). The van der Waals surface area contributed by atoms with E-state index in [4.69, 9.17) is 4.42 Å². The first-order valence-corrected chi connectivity index (χ1v) is 6.67. The number of hydrogen-bond acceptors (Lipinski definition) is 5. The summed E-state index contributed by atoms with van der Waals surface area (Å²) in [6.07, 6.45) is 3.27. The summed E-state index contributed by atoms with van der Waals surface area (Å²) in [4.78, 5) is 19.6. The minimum Gasteiger partial charge on any atom is -0.467 e. The Hall–Kier alpha value is -2.44. The van der Waals surface area contributed by atoms with Gasteiger partial charge in [0.25, 0.3) is 0 Å². The molecular weight excluding hydrogens is 275 g/mol. The molecule has 2 N–H and O–H groups in total. The monoisotopic (exact) mass is 292 g/mol. The summed E-state index contributed by atoms with van der Waals surface area (Å²) < 4.78 is 19.1. The summed E-state index contributed by atoms with van der Waals surface area (Å²) in [6.45, 7) is 3.71. The van der Waals surface area contributed by atoms with Crippen molar-refractivity contribution < 1.29 is 13.6 Å². The topological polar surface area (TPSA) is 80.0 Å². The number of furan rings is 1. The van der Waals surface area contributed by atoms with Gasteiger partial charge in [-0.2, -0.15) is 0 Å². The van der Waals surface area contributed by atoms with Crippen molar-refractivity contribution in [2.45, 2.75) is 32.9 Å². The van der Waals surface area contributed by atoms with Gasteiger partial charge in [-0.15, -0.1) is 0 Å². The molecule has 0 aliphatic carbocycles. The third kappa shape index (κ3) is 3.77. The van der Waals surface area contributed by atoms with Crippen molar-refractivity contribution in [3.8, 4) is 0 Å². The summed E-state index contributed by atoms with van der Waals surface area (Å²) in [5.74, 6) is -0.118. The number of rotatable bonds is 6. The SMILES string of the molecule is CCc1ncnc(N[C@H](C)C(=O)NCc2ccco2)c1F. The largest absolute Gasteiger partial charge is 0.467 e. The maximum Gasteiger partial charge on any atom is 0.242 e. The molecule has 0 aliphatic rings. The summed E-state index contributed by atoms with van der Waals surface area (Å²) in [5, 5.41) is 5.44. The first-order valence-electron chi connectivity index (χ1n) is 6.67. The molecule has 0 aliphatic heterocycles. The Morgan fingerprint density at radius 2 is 2.29 bits per heavy atom. The van der Waals surface area contributed by atoms with Crippen molar-refractivity contribution in [1.29, 1.82) is 0 Å². The molecule has 0 saturated carbocycles. The van der Waals surface area contributed by atoms with Gasteiger partial charge in [-0.25, -0.2) is 14.4 Å². The molecule has 0 unspecified atom stereocenters. The number of anilines is 1. The Morgan fingerprint density at radius 3 is 2.95 bits per heavy atom. The van der Waals surface area contributed by atoms with Crippen molar-refractivity contribution in [3.05, 3.63) is 42.0 Å². The van der Waals surface area contributed by atoms with Crippen LogP contribution >= 0.6 is 0 Å². The number of amides is 1. The summed E-state index contributed by atoms with van der Waals surface area (Å²) in [6, 6.07) is 2.87. The molecule has 0 bridgehead atoms. The predicted octanol–water partition coefficient (Wildman–Crippen LogP) is 1.89. The number of halogens is 1. The van der Waals surface area contributed by atoms with E-state index in [9.17, 15) is 9.18 Å². The molecular formula is C14H17FN4O2. The zero-order valence-electron chi connectivity index (χ0n) is 11.9. The van der Waals surface area contributed by atoms with Gasteiger partial charge in [0.2, 0.25) is 5.91 Å². The van der Waals surface area contributed by atoms with Crippen LogP contribution in [0.15, 0.2) is 29.1 Å². The van der Waals surface area contributed by atoms with Gasteiger partial charge >= 0.3 is 0 Å².